The maximum absolute atomic E-state index is 12.0. The van der Waals surface area contributed by atoms with Gasteiger partial charge in [-0.1, -0.05) is 18.2 Å². The van der Waals surface area contributed by atoms with Gasteiger partial charge in [0.05, 0.1) is 11.4 Å². The van der Waals surface area contributed by atoms with E-state index in [1.54, 1.807) is 24.3 Å². The van der Waals surface area contributed by atoms with Crippen LogP contribution in [0, 0.1) is 0 Å². The van der Waals surface area contributed by atoms with Crippen molar-refractivity contribution in [1.82, 2.24) is 0 Å². The number of hydrogen-bond acceptors (Lipinski definition) is 7. The zero-order valence-electron chi connectivity index (χ0n) is 15.2. The van der Waals surface area contributed by atoms with Crippen LogP contribution >= 0.6 is 0 Å². The van der Waals surface area contributed by atoms with E-state index >= 15 is 0 Å². The average molecular weight is 379 g/mol. The third-order valence-electron chi connectivity index (χ3n) is 3.91. The van der Waals surface area contributed by atoms with Crippen LogP contribution < -0.4 is 10.4 Å². The van der Waals surface area contributed by atoms with E-state index in [2.05, 4.69) is 9.41 Å². The Bertz CT molecular complexity index is 1100. The quantitative estimate of drug-likeness (QED) is 0.508. The third-order valence-corrected chi connectivity index (χ3v) is 3.91. The molecule has 0 unspecified atom stereocenters. The van der Waals surface area contributed by atoms with E-state index in [0.717, 1.165) is 6.92 Å². The van der Waals surface area contributed by atoms with Gasteiger partial charge in [0, 0.05) is 0 Å². The molecule has 0 fully saturated rings. The predicted octanol–water partition coefficient (Wildman–Crippen LogP) is 4.19. The lowest BCUT2D eigenvalue weighted by atomic mass is 10.1. The Morgan fingerprint density at radius 3 is 2.14 bits per heavy atom. The molecule has 1 heterocycles. The summed E-state index contributed by atoms with van der Waals surface area (Å²) < 4.78 is 10.3. The molecule has 0 bridgehead atoms. The van der Waals surface area contributed by atoms with Gasteiger partial charge in [-0.25, -0.2) is 4.79 Å². The Morgan fingerprint density at radius 1 is 0.929 bits per heavy atom. The monoisotopic (exact) mass is 379 g/mol. The first-order valence-corrected chi connectivity index (χ1v) is 8.35. The summed E-state index contributed by atoms with van der Waals surface area (Å²) in [5, 5.41) is 19.8. The fourth-order valence-corrected chi connectivity index (χ4v) is 2.61. The maximum atomic E-state index is 12.0. The van der Waals surface area contributed by atoms with Crippen molar-refractivity contribution in [2.24, 2.45) is 4.99 Å². The Labute approximate surface area is 160 Å². The fraction of sp³-hybridized carbons (Fsp3) is 0.0952. The molecule has 7 heteroatoms. The van der Waals surface area contributed by atoms with E-state index in [4.69, 9.17) is 4.74 Å². The highest BCUT2D eigenvalue weighted by molar-refractivity contribution is 6.07. The van der Waals surface area contributed by atoms with E-state index in [-0.39, 0.29) is 11.3 Å². The van der Waals surface area contributed by atoms with E-state index in [9.17, 15) is 19.8 Å². The first-order valence-electron chi connectivity index (χ1n) is 8.35. The number of ketones is 1. The number of nitrogens with zero attached hydrogens (tertiary/aromatic N) is 1. The molecule has 0 saturated carbocycles. The van der Waals surface area contributed by atoms with E-state index < -0.39 is 28.7 Å². The van der Waals surface area contributed by atoms with Crippen LogP contribution in [0.25, 0.3) is 0 Å². The molecule has 0 atom stereocenters. The first-order chi connectivity index (χ1) is 13.4. The minimum atomic E-state index is -0.995. The number of para-hydroxylation sites is 1. The number of hydrogen-bond donors (Lipinski definition) is 2. The van der Waals surface area contributed by atoms with Gasteiger partial charge < -0.3 is 19.4 Å². The minimum Gasteiger partial charge on any atom is -0.506 e. The van der Waals surface area contributed by atoms with Gasteiger partial charge in [0.1, 0.15) is 28.4 Å². The van der Waals surface area contributed by atoms with Gasteiger partial charge in [-0.3, -0.25) is 9.79 Å². The largest absolute Gasteiger partial charge is 0.506 e. The van der Waals surface area contributed by atoms with Crippen LogP contribution in [0.3, 0.4) is 0 Å². The predicted molar refractivity (Wildman–Crippen MR) is 103 cm³/mol. The summed E-state index contributed by atoms with van der Waals surface area (Å²) >= 11 is 0. The molecule has 7 nitrogen and oxygen atoms in total. The van der Waals surface area contributed by atoms with Crippen molar-refractivity contribution >= 4 is 17.2 Å². The van der Waals surface area contributed by atoms with Crippen molar-refractivity contribution in [3.63, 3.8) is 0 Å². The second kappa shape index (κ2) is 7.79. The topological polar surface area (TPSA) is 109 Å². The van der Waals surface area contributed by atoms with Crippen LogP contribution in [0.4, 0.5) is 5.69 Å². The third kappa shape index (κ3) is 3.93. The summed E-state index contributed by atoms with van der Waals surface area (Å²) in [6.45, 7) is 2.62. The number of aliphatic imine (C=N–C) groups is 1. The minimum absolute atomic E-state index is 0.130. The van der Waals surface area contributed by atoms with Crippen LogP contribution in [0.15, 0.2) is 68.8 Å². The van der Waals surface area contributed by atoms with E-state index in [0.29, 0.717) is 17.2 Å². The Morgan fingerprint density at radius 2 is 1.54 bits per heavy atom. The van der Waals surface area contributed by atoms with Gasteiger partial charge in [0.2, 0.25) is 0 Å². The summed E-state index contributed by atoms with van der Waals surface area (Å²) in [6, 6.07) is 16.0. The molecule has 0 radical (unpaired) electrons. The van der Waals surface area contributed by atoms with Crippen LogP contribution in [-0.2, 0) is 0 Å². The molecule has 0 aliphatic rings. The molecule has 0 aliphatic heterocycles. The van der Waals surface area contributed by atoms with E-state index in [1.165, 1.54) is 6.92 Å². The highest BCUT2D eigenvalue weighted by atomic mass is 16.5. The van der Waals surface area contributed by atoms with E-state index in [1.807, 2.05) is 30.3 Å². The van der Waals surface area contributed by atoms with Crippen LogP contribution in [0.5, 0.6) is 23.2 Å². The summed E-state index contributed by atoms with van der Waals surface area (Å²) in [5.74, 6) is -0.928. The van der Waals surface area contributed by atoms with Crippen LogP contribution in [-0.4, -0.2) is 21.7 Å². The smallest absolute Gasteiger partial charge is 0.351 e. The Balaban J connectivity index is 1.91. The van der Waals surface area contributed by atoms with Crippen molar-refractivity contribution in [3.8, 4) is 23.2 Å². The molecular weight excluding hydrogens is 362 g/mol. The van der Waals surface area contributed by atoms with Gasteiger partial charge in [-0.05, 0) is 50.2 Å². The van der Waals surface area contributed by atoms with Crippen LogP contribution in [0.1, 0.15) is 29.8 Å². The summed E-state index contributed by atoms with van der Waals surface area (Å²) in [7, 11) is 0. The average Bonchev–Trinajstić information content (AvgIpc) is 2.63. The zero-order valence-corrected chi connectivity index (χ0v) is 15.2. The lowest BCUT2D eigenvalue weighted by molar-refractivity contribution is 0.100. The van der Waals surface area contributed by atoms with Crippen molar-refractivity contribution < 1.29 is 24.2 Å². The van der Waals surface area contributed by atoms with Crippen molar-refractivity contribution in [3.05, 3.63) is 76.1 Å². The van der Waals surface area contributed by atoms with Gasteiger partial charge in [0.15, 0.2) is 5.78 Å². The second-order valence-electron chi connectivity index (χ2n) is 5.96. The van der Waals surface area contributed by atoms with Gasteiger partial charge >= 0.3 is 5.63 Å². The Hall–Kier alpha value is -3.87. The SMILES string of the molecule is CC(=O)c1c(O)oc(=O)c(C(C)=Nc2ccc(Oc3ccccc3)cc2)c1O. The summed E-state index contributed by atoms with van der Waals surface area (Å²) in [6.07, 6.45) is 0. The van der Waals surface area contributed by atoms with Crippen molar-refractivity contribution in [1.29, 1.82) is 0 Å². The normalized spacial score (nSPS) is 11.3. The molecular formula is C21H17NO6. The fourth-order valence-electron chi connectivity index (χ4n) is 2.61. The van der Waals surface area contributed by atoms with Gasteiger partial charge in [-0.2, -0.15) is 0 Å². The number of carbonyl (C=O) groups excluding carboxylic acids is 1. The molecule has 2 N–H and O–H groups in total. The van der Waals surface area contributed by atoms with Crippen LogP contribution in [0.2, 0.25) is 0 Å². The first kappa shape index (κ1) is 18.9. The molecule has 2 aromatic carbocycles. The highest BCUT2D eigenvalue weighted by Gasteiger charge is 2.23. The lowest BCUT2D eigenvalue weighted by Crippen LogP contribution is -2.15. The number of Topliss-reactive ketones (excluding diaryl/α,β-unsaturated/α-hetero) is 1. The molecule has 1 aromatic heterocycles. The molecule has 0 saturated heterocycles. The zero-order chi connectivity index (χ0) is 20.3. The summed E-state index contributed by atoms with van der Waals surface area (Å²) in [4.78, 5) is 27.9. The Kier molecular flexibility index (Phi) is 5.26. The maximum Gasteiger partial charge on any atom is 0.351 e. The molecule has 3 aromatic rings. The highest BCUT2D eigenvalue weighted by Crippen LogP contribution is 2.30. The molecule has 0 spiro atoms. The lowest BCUT2D eigenvalue weighted by Gasteiger charge is -2.08. The van der Waals surface area contributed by atoms with Crippen molar-refractivity contribution in [2.75, 3.05) is 0 Å². The number of carbonyl (C=O) groups is 1. The molecule has 3 rings (SSSR count). The number of aromatic hydroxyl groups is 2. The molecule has 142 valence electrons. The summed E-state index contributed by atoms with van der Waals surface area (Å²) in [5.41, 5.74) is -1.12. The van der Waals surface area contributed by atoms with Crippen molar-refractivity contribution in [2.45, 2.75) is 13.8 Å². The molecule has 0 aliphatic carbocycles. The number of ether oxygens (including phenoxy) is 1. The standard InChI is InChI=1S/C21H17NO6/c1-12(17-19(24)18(13(2)23)21(26)28-20(17)25)22-14-8-10-16(11-9-14)27-15-6-4-3-5-7-15/h3-11,24,26H,1-2H3. The second-order valence-corrected chi connectivity index (χ2v) is 5.96. The van der Waals surface area contributed by atoms with Gasteiger partial charge in [0.25, 0.3) is 5.95 Å². The number of benzene rings is 2. The van der Waals surface area contributed by atoms with Gasteiger partial charge in [-0.15, -0.1) is 0 Å². The number of rotatable bonds is 5. The molecule has 28 heavy (non-hydrogen) atoms. The molecule has 0 amide bonds.